The van der Waals surface area contributed by atoms with Crippen LogP contribution in [0.15, 0.2) is 5.51 Å². The summed E-state index contributed by atoms with van der Waals surface area (Å²) in [6, 6.07) is 0. The van der Waals surface area contributed by atoms with E-state index in [-0.39, 0.29) is 5.78 Å². The molecule has 0 spiro atoms. The van der Waals surface area contributed by atoms with Crippen LogP contribution in [0.3, 0.4) is 0 Å². The maximum Gasteiger partial charge on any atom is 0.181 e. The maximum atomic E-state index is 12.0. The number of carbonyl (C=O) groups is 1. The second-order valence-corrected chi connectivity index (χ2v) is 5.76. The minimum absolute atomic E-state index is 0.119. The first-order valence-electron chi connectivity index (χ1n) is 4.94. The standard InChI is InChI=1S/C11H12N2OS2/c1-6-8(3)16-10(13-6)4-9(14)11-7(2)12-5-15-11/h5H,4H2,1-3H3. The van der Waals surface area contributed by atoms with Crippen molar-refractivity contribution < 1.29 is 4.79 Å². The number of hydrogen-bond donors (Lipinski definition) is 0. The van der Waals surface area contributed by atoms with Crippen LogP contribution in [-0.4, -0.2) is 15.8 Å². The van der Waals surface area contributed by atoms with Gasteiger partial charge in [0.25, 0.3) is 0 Å². The van der Waals surface area contributed by atoms with Crippen LogP contribution < -0.4 is 0 Å². The first kappa shape index (κ1) is 11.4. The number of nitrogens with zero attached hydrogens (tertiary/aromatic N) is 2. The van der Waals surface area contributed by atoms with Gasteiger partial charge in [-0.05, 0) is 20.8 Å². The molecule has 0 aromatic carbocycles. The number of thiazole rings is 2. The molecule has 0 aliphatic heterocycles. The quantitative estimate of drug-likeness (QED) is 0.789. The van der Waals surface area contributed by atoms with Gasteiger partial charge in [0.05, 0.1) is 28.2 Å². The molecule has 0 fully saturated rings. The maximum absolute atomic E-state index is 12.0. The van der Waals surface area contributed by atoms with Crippen molar-refractivity contribution in [3.05, 3.63) is 31.7 Å². The molecule has 0 saturated carbocycles. The number of ketones is 1. The van der Waals surface area contributed by atoms with Gasteiger partial charge in [0.15, 0.2) is 5.78 Å². The zero-order valence-corrected chi connectivity index (χ0v) is 11.0. The second-order valence-electron chi connectivity index (χ2n) is 3.62. The van der Waals surface area contributed by atoms with E-state index < -0.39 is 0 Å². The van der Waals surface area contributed by atoms with Crippen LogP contribution in [0.4, 0.5) is 0 Å². The Kier molecular flexibility index (Phi) is 3.16. The molecule has 3 nitrogen and oxygen atoms in total. The zero-order chi connectivity index (χ0) is 11.7. The molecule has 16 heavy (non-hydrogen) atoms. The van der Waals surface area contributed by atoms with Crippen LogP contribution in [0.25, 0.3) is 0 Å². The lowest BCUT2D eigenvalue weighted by molar-refractivity contribution is 0.0996. The Morgan fingerprint density at radius 2 is 2.06 bits per heavy atom. The average molecular weight is 252 g/mol. The Labute approximate surface area is 102 Å². The van der Waals surface area contributed by atoms with E-state index in [1.807, 2.05) is 20.8 Å². The third kappa shape index (κ3) is 2.20. The number of carbonyl (C=O) groups excluding carboxylic acids is 1. The molecule has 2 heterocycles. The van der Waals surface area contributed by atoms with Crippen molar-refractivity contribution in [2.45, 2.75) is 27.2 Å². The van der Waals surface area contributed by atoms with Crippen molar-refractivity contribution in [3.63, 3.8) is 0 Å². The zero-order valence-electron chi connectivity index (χ0n) is 9.40. The monoisotopic (exact) mass is 252 g/mol. The molecular formula is C11H12N2OS2. The molecule has 2 aromatic heterocycles. The fraction of sp³-hybridized carbons (Fsp3) is 0.364. The van der Waals surface area contributed by atoms with Gasteiger partial charge in [0, 0.05) is 4.88 Å². The average Bonchev–Trinajstić information content (AvgIpc) is 2.74. The minimum atomic E-state index is 0.119. The van der Waals surface area contributed by atoms with Gasteiger partial charge >= 0.3 is 0 Å². The van der Waals surface area contributed by atoms with Crippen molar-refractivity contribution in [3.8, 4) is 0 Å². The molecule has 0 radical (unpaired) electrons. The molecule has 0 aliphatic carbocycles. The molecule has 0 aliphatic rings. The molecule has 0 saturated heterocycles. The van der Waals surface area contributed by atoms with Crippen LogP contribution in [0, 0.1) is 20.8 Å². The van der Waals surface area contributed by atoms with Crippen molar-refractivity contribution >= 4 is 28.5 Å². The first-order valence-corrected chi connectivity index (χ1v) is 6.63. The summed E-state index contributed by atoms with van der Waals surface area (Å²) in [7, 11) is 0. The molecule has 0 bridgehead atoms. The molecular weight excluding hydrogens is 240 g/mol. The highest BCUT2D eigenvalue weighted by Crippen LogP contribution is 2.20. The van der Waals surface area contributed by atoms with Crippen LogP contribution >= 0.6 is 22.7 Å². The second kappa shape index (κ2) is 4.43. The predicted octanol–water partition coefficient (Wildman–Crippen LogP) is 2.95. The topological polar surface area (TPSA) is 42.9 Å². The number of Topliss-reactive ketones (excluding diaryl/α,β-unsaturated/α-hetero) is 1. The van der Waals surface area contributed by atoms with Crippen molar-refractivity contribution in [2.24, 2.45) is 0 Å². The van der Waals surface area contributed by atoms with Gasteiger partial charge < -0.3 is 0 Å². The molecule has 5 heteroatoms. The summed E-state index contributed by atoms with van der Waals surface area (Å²) in [6.45, 7) is 5.86. The fourth-order valence-electron chi connectivity index (χ4n) is 1.40. The van der Waals surface area contributed by atoms with Crippen LogP contribution in [0.2, 0.25) is 0 Å². The Hall–Kier alpha value is -1.07. The summed E-state index contributed by atoms with van der Waals surface area (Å²) >= 11 is 3.00. The van der Waals surface area contributed by atoms with Crippen molar-refractivity contribution in [1.82, 2.24) is 9.97 Å². The Balaban J connectivity index is 2.17. The Morgan fingerprint density at radius 3 is 2.56 bits per heavy atom. The van der Waals surface area contributed by atoms with Gasteiger partial charge in [-0.2, -0.15) is 0 Å². The number of hydrogen-bond acceptors (Lipinski definition) is 5. The highest BCUT2D eigenvalue weighted by molar-refractivity contribution is 7.12. The van der Waals surface area contributed by atoms with E-state index in [0.717, 1.165) is 21.3 Å². The van der Waals surface area contributed by atoms with E-state index in [1.54, 1.807) is 16.8 Å². The number of rotatable bonds is 3. The van der Waals surface area contributed by atoms with Crippen LogP contribution in [0.1, 0.15) is 30.9 Å². The van der Waals surface area contributed by atoms with E-state index >= 15 is 0 Å². The van der Waals surface area contributed by atoms with Crippen LogP contribution in [-0.2, 0) is 6.42 Å². The van der Waals surface area contributed by atoms with Crippen LogP contribution in [0.5, 0.6) is 0 Å². The van der Waals surface area contributed by atoms with E-state index in [9.17, 15) is 4.79 Å². The van der Waals surface area contributed by atoms with Gasteiger partial charge in [0.2, 0.25) is 0 Å². The van der Waals surface area contributed by atoms with E-state index in [1.165, 1.54) is 16.2 Å². The highest BCUT2D eigenvalue weighted by Gasteiger charge is 2.14. The summed E-state index contributed by atoms with van der Waals surface area (Å²) in [4.78, 5) is 22.3. The normalized spacial score (nSPS) is 10.7. The van der Waals surface area contributed by atoms with E-state index in [4.69, 9.17) is 0 Å². The van der Waals surface area contributed by atoms with Gasteiger partial charge in [0.1, 0.15) is 5.01 Å². The third-order valence-corrected chi connectivity index (χ3v) is 4.43. The first-order chi connectivity index (χ1) is 7.58. The molecule has 84 valence electrons. The molecule has 2 aromatic rings. The lowest BCUT2D eigenvalue weighted by Crippen LogP contribution is -2.02. The smallest absolute Gasteiger partial charge is 0.181 e. The summed E-state index contributed by atoms with van der Waals surface area (Å²) in [5.41, 5.74) is 3.55. The SMILES string of the molecule is Cc1nc(CC(=O)c2scnc2C)sc1C. The van der Waals surface area contributed by atoms with Crippen molar-refractivity contribution in [1.29, 1.82) is 0 Å². The number of aromatic nitrogens is 2. The Morgan fingerprint density at radius 1 is 1.31 bits per heavy atom. The fourth-order valence-corrected chi connectivity index (χ4v) is 3.08. The molecule has 0 atom stereocenters. The lowest BCUT2D eigenvalue weighted by Gasteiger charge is -1.95. The van der Waals surface area contributed by atoms with Gasteiger partial charge in [-0.15, -0.1) is 22.7 Å². The Bertz CT molecular complexity index is 508. The third-order valence-electron chi connectivity index (χ3n) is 2.38. The number of aryl methyl sites for hydroxylation is 3. The van der Waals surface area contributed by atoms with Crippen molar-refractivity contribution in [2.75, 3.05) is 0 Å². The largest absolute Gasteiger partial charge is 0.293 e. The lowest BCUT2D eigenvalue weighted by atomic mass is 10.2. The summed E-state index contributed by atoms with van der Waals surface area (Å²) in [6.07, 6.45) is 0.391. The highest BCUT2D eigenvalue weighted by atomic mass is 32.1. The molecule has 2 rings (SSSR count). The predicted molar refractivity (Wildman–Crippen MR) is 66.5 cm³/mol. The van der Waals surface area contributed by atoms with Gasteiger partial charge in [-0.1, -0.05) is 0 Å². The summed E-state index contributed by atoms with van der Waals surface area (Å²) in [5.74, 6) is 0.119. The molecule has 0 amide bonds. The minimum Gasteiger partial charge on any atom is -0.293 e. The summed E-state index contributed by atoms with van der Waals surface area (Å²) in [5, 5.41) is 0.896. The van der Waals surface area contributed by atoms with E-state index in [2.05, 4.69) is 9.97 Å². The van der Waals surface area contributed by atoms with Gasteiger partial charge in [-0.25, -0.2) is 9.97 Å². The van der Waals surface area contributed by atoms with E-state index in [0.29, 0.717) is 6.42 Å². The summed E-state index contributed by atoms with van der Waals surface area (Å²) < 4.78 is 0. The molecule has 0 unspecified atom stereocenters. The van der Waals surface area contributed by atoms with Gasteiger partial charge in [-0.3, -0.25) is 4.79 Å². The molecule has 0 N–H and O–H groups in total.